The molecule has 0 fully saturated rings. The molecule has 7 nitrogen and oxygen atoms in total. The van der Waals surface area contributed by atoms with E-state index in [0.717, 1.165) is 5.56 Å². The van der Waals surface area contributed by atoms with Crippen LogP contribution in [0, 0.1) is 6.92 Å². The molecular formula is C19H24N2O5S. The Kier molecular flexibility index (Phi) is 6.81. The number of aryl methyl sites for hydroxylation is 1. The van der Waals surface area contributed by atoms with Crippen LogP contribution in [0.5, 0.6) is 11.5 Å². The van der Waals surface area contributed by atoms with Crippen molar-refractivity contribution >= 4 is 15.9 Å². The van der Waals surface area contributed by atoms with Gasteiger partial charge in [0.15, 0.2) is 6.61 Å². The van der Waals surface area contributed by atoms with Gasteiger partial charge in [-0.25, -0.2) is 13.1 Å². The molecule has 8 heteroatoms. The van der Waals surface area contributed by atoms with Gasteiger partial charge in [0, 0.05) is 20.6 Å². The highest BCUT2D eigenvalue weighted by molar-refractivity contribution is 7.89. The molecule has 0 heterocycles. The molecule has 0 aromatic heterocycles. The second kappa shape index (κ2) is 8.88. The number of carbonyl (C=O) groups is 1. The lowest BCUT2D eigenvalue weighted by molar-refractivity contribution is -0.130. The van der Waals surface area contributed by atoms with E-state index in [1.54, 1.807) is 58.5 Å². The Hall–Kier alpha value is -2.58. The first-order valence-electron chi connectivity index (χ1n) is 8.29. The van der Waals surface area contributed by atoms with Gasteiger partial charge in [-0.2, -0.15) is 0 Å². The summed E-state index contributed by atoms with van der Waals surface area (Å²) in [4.78, 5) is 13.2. The van der Waals surface area contributed by atoms with E-state index >= 15 is 0 Å². The van der Waals surface area contributed by atoms with Gasteiger partial charge in [0.05, 0.1) is 12.0 Å². The van der Waals surface area contributed by atoms with Crippen LogP contribution in [0.25, 0.3) is 0 Å². The molecule has 0 bridgehead atoms. The first-order valence-corrected chi connectivity index (χ1v) is 9.77. The fourth-order valence-corrected chi connectivity index (χ4v) is 3.33. The zero-order chi connectivity index (χ0) is 20.0. The van der Waals surface area contributed by atoms with Gasteiger partial charge in [0.1, 0.15) is 11.5 Å². The molecule has 27 heavy (non-hydrogen) atoms. The Bertz CT molecular complexity index is 893. The van der Waals surface area contributed by atoms with Crippen LogP contribution in [0.15, 0.2) is 47.4 Å². The molecular weight excluding hydrogens is 368 g/mol. The van der Waals surface area contributed by atoms with E-state index in [0.29, 0.717) is 17.1 Å². The van der Waals surface area contributed by atoms with Gasteiger partial charge in [-0.1, -0.05) is 12.1 Å². The summed E-state index contributed by atoms with van der Waals surface area (Å²) in [5.74, 6) is 1.01. The van der Waals surface area contributed by atoms with Crippen molar-refractivity contribution in [3.8, 4) is 11.5 Å². The number of rotatable bonds is 8. The average molecular weight is 392 g/mol. The summed E-state index contributed by atoms with van der Waals surface area (Å²) in [7, 11) is 1.19. The number of nitrogens with zero attached hydrogens (tertiary/aromatic N) is 1. The summed E-state index contributed by atoms with van der Waals surface area (Å²) in [6, 6.07) is 11.7. The number of hydrogen-bond donors (Lipinski definition) is 1. The molecule has 146 valence electrons. The zero-order valence-electron chi connectivity index (χ0n) is 15.9. The van der Waals surface area contributed by atoms with E-state index in [1.807, 2.05) is 0 Å². The van der Waals surface area contributed by atoms with Crippen LogP contribution in [-0.4, -0.2) is 47.0 Å². The average Bonchev–Trinajstić information content (AvgIpc) is 2.65. The van der Waals surface area contributed by atoms with Crippen LogP contribution in [0.4, 0.5) is 0 Å². The van der Waals surface area contributed by atoms with Crippen molar-refractivity contribution in [1.29, 1.82) is 0 Å². The van der Waals surface area contributed by atoms with Crippen molar-refractivity contribution in [3.05, 3.63) is 53.6 Å². The van der Waals surface area contributed by atoms with Gasteiger partial charge in [0.25, 0.3) is 5.91 Å². The van der Waals surface area contributed by atoms with Crippen molar-refractivity contribution < 1.29 is 22.7 Å². The van der Waals surface area contributed by atoms with Crippen LogP contribution in [0.2, 0.25) is 0 Å². The quantitative estimate of drug-likeness (QED) is 0.742. The third kappa shape index (κ3) is 5.70. The van der Waals surface area contributed by atoms with Crippen molar-refractivity contribution in [2.45, 2.75) is 18.4 Å². The largest absolute Gasteiger partial charge is 0.497 e. The minimum atomic E-state index is -3.67. The molecule has 2 aromatic carbocycles. The van der Waals surface area contributed by atoms with Crippen LogP contribution >= 0.6 is 0 Å². The molecule has 0 aliphatic heterocycles. The highest BCUT2D eigenvalue weighted by Crippen LogP contribution is 2.22. The fraction of sp³-hybridized carbons (Fsp3) is 0.316. The monoisotopic (exact) mass is 392 g/mol. The van der Waals surface area contributed by atoms with E-state index in [9.17, 15) is 13.2 Å². The third-order valence-corrected chi connectivity index (χ3v) is 5.33. The number of benzene rings is 2. The molecule has 0 aliphatic rings. The van der Waals surface area contributed by atoms with Crippen LogP contribution in [0.1, 0.15) is 11.1 Å². The number of hydrogen-bond acceptors (Lipinski definition) is 5. The maximum atomic E-state index is 12.5. The Morgan fingerprint density at radius 3 is 2.33 bits per heavy atom. The smallest absolute Gasteiger partial charge is 0.259 e. The molecule has 2 rings (SSSR count). The zero-order valence-corrected chi connectivity index (χ0v) is 16.7. The highest BCUT2D eigenvalue weighted by atomic mass is 32.2. The molecule has 1 amide bonds. The molecule has 0 saturated heterocycles. The van der Waals surface area contributed by atoms with E-state index in [2.05, 4.69) is 4.72 Å². The summed E-state index contributed by atoms with van der Waals surface area (Å²) >= 11 is 0. The standard InChI is InChI=1S/C19H24N2O5S/c1-14-11-17(9-10-18(14)26-13-19(22)21(2)3)27(23,24)20-12-15-5-7-16(25-4)8-6-15/h5-11,20H,12-13H2,1-4H3. The number of sulfonamides is 1. The van der Waals surface area contributed by atoms with Gasteiger partial charge in [0.2, 0.25) is 10.0 Å². The molecule has 0 atom stereocenters. The number of likely N-dealkylation sites (N-methyl/N-ethyl adjacent to an activating group) is 1. The minimum Gasteiger partial charge on any atom is -0.497 e. The Labute approximate surface area is 160 Å². The highest BCUT2D eigenvalue weighted by Gasteiger charge is 2.16. The predicted molar refractivity (Wildman–Crippen MR) is 102 cm³/mol. The van der Waals surface area contributed by atoms with E-state index in [1.165, 1.54) is 17.0 Å². The van der Waals surface area contributed by atoms with Crippen LogP contribution in [0.3, 0.4) is 0 Å². The number of carbonyl (C=O) groups excluding carboxylic acids is 1. The Morgan fingerprint density at radius 1 is 1.11 bits per heavy atom. The molecule has 0 aliphatic carbocycles. The Balaban J connectivity index is 2.04. The Morgan fingerprint density at radius 2 is 1.78 bits per heavy atom. The van der Waals surface area contributed by atoms with E-state index < -0.39 is 10.0 Å². The SMILES string of the molecule is COc1ccc(CNS(=O)(=O)c2ccc(OCC(=O)N(C)C)c(C)c2)cc1. The molecule has 0 radical (unpaired) electrons. The number of methoxy groups -OCH3 is 1. The van der Waals surface area contributed by atoms with E-state index in [-0.39, 0.29) is 24.0 Å². The topological polar surface area (TPSA) is 84.9 Å². The van der Waals surface area contributed by atoms with Gasteiger partial charge >= 0.3 is 0 Å². The normalized spacial score (nSPS) is 11.1. The van der Waals surface area contributed by atoms with Crippen molar-refractivity contribution in [3.63, 3.8) is 0 Å². The van der Waals surface area contributed by atoms with E-state index in [4.69, 9.17) is 9.47 Å². The van der Waals surface area contributed by atoms with Crippen molar-refractivity contribution in [1.82, 2.24) is 9.62 Å². The summed E-state index contributed by atoms with van der Waals surface area (Å²) in [6.07, 6.45) is 0. The number of amides is 1. The molecule has 2 aromatic rings. The lowest BCUT2D eigenvalue weighted by atomic mass is 10.2. The van der Waals surface area contributed by atoms with Crippen molar-refractivity contribution in [2.75, 3.05) is 27.8 Å². The maximum absolute atomic E-state index is 12.5. The van der Waals surface area contributed by atoms with Gasteiger partial charge < -0.3 is 14.4 Å². The lowest BCUT2D eigenvalue weighted by Gasteiger charge is -2.14. The van der Waals surface area contributed by atoms with Crippen LogP contribution in [-0.2, 0) is 21.4 Å². The van der Waals surface area contributed by atoms with Gasteiger partial charge in [-0.3, -0.25) is 4.79 Å². The fourth-order valence-electron chi connectivity index (χ4n) is 2.22. The summed E-state index contributed by atoms with van der Waals surface area (Å²) in [5.41, 5.74) is 1.45. The van der Waals surface area contributed by atoms with Gasteiger partial charge in [-0.05, 0) is 48.4 Å². The van der Waals surface area contributed by atoms with Gasteiger partial charge in [-0.15, -0.1) is 0 Å². The predicted octanol–water partition coefficient (Wildman–Crippen LogP) is 1.95. The summed E-state index contributed by atoms with van der Waals surface area (Å²) < 4.78 is 38.1. The second-order valence-corrected chi connectivity index (χ2v) is 7.94. The first kappa shape index (κ1) is 20.7. The molecule has 0 spiro atoms. The first-order chi connectivity index (χ1) is 12.7. The van der Waals surface area contributed by atoms with Crippen LogP contribution < -0.4 is 14.2 Å². The second-order valence-electron chi connectivity index (χ2n) is 6.18. The number of ether oxygens (including phenoxy) is 2. The molecule has 0 saturated carbocycles. The summed E-state index contributed by atoms with van der Waals surface area (Å²) in [5, 5.41) is 0. The molecule has 1 N–H and O–H groups in total. The third-order valence-electron chi connectivity index (χ3n) is 3.93. The lowest BCUT2D eigenvalue weighted by Crippen LogP contribution is -2.27. The summed E-state index contributed by atoms with van der Waals surface area (Å²) in [6.45, 7) is 1.80. The maximum Gasteiger partial charge on any atom is 0.259 e. The minimum absolute atomic E-state index is 0.102. The molecule has 0 unspecified atom stereocenters. The van der Waals surface area contributed by atoms with Crippen molar-refractivity contribution in [2.24, 2.45) is 0 Å². The number of nitrogens with one attached hydrogen (secondary N) is 1.